The summed E-state index contributed by atoms with van der Waals surface area (Å²) in [7, 11) is -3.02. The van der Waals surface area contributed by atoms with Crippen molar-refractivity contribution in [2.75, 3.05) is 18.5 Å². The van der Waals surface area contributed by atoms with Crippen LogP contribution in [0.3, 0.4) is 0 Å². The molecule has 1 heterocycles. The van der Waals surface area contributed by atoms with Gasteiger partial charge in [-0.05, 0) is 41.6 Å². The van der Waals surface area contributed by atoms with Crippen LogP contribution in [0.5, 0.6) is 11.9 Å². The third-order valence-corrected chi connectivity index (χ3v) is 6.86. The van der Waals surface area contributed by atoms with E-state index in [1.807, 2.05) is 49.2 Å². The van der Waals surface area contributed by atoms with E-state index in [0.29, 0.717) is 3.57 Å². The summed E-state index contributed by atoms with van der Waals surface area (Å²) in [5.74, 6) is 0.303. The SMILES string of the molecule is COc1nc(OC)c(I)c(N(C#C[Si](C)(C)C)S(=O)(=O)c2ccc(C)cc2)n1. The third kappa shape index (κ3) is 5.15. The number of hydrogen-bond donors (Lipinski definition) is 0. The number of aryl methyl sites for hydroxylation is 1. The number of nitrogens with zero attached hydrogens (tertiary/aromatic N) is 3. The lowest BCUT2D eigenvalue weighted by Crippen LogP contribution is -2.30. The molecule has 0 atom stereocenters. The molecule has 1 aromatic carbocycles. The first-order valence-electron chi connectivity index (χ1n) is 8.30. The number of ether oxygens (including phenoxy) is 2. The second-order valence-electron chi connectivity index (χ2n) is 6.93. The maximum absolute atomic E-state index is 13.4. The third-order valence-electron chi connectivity index (χ3n) is 3.44. The van der Waals surface area contributed by atoms with Crippen LogP contribution in [-0.2, 0) is 10.0 Å². The van der Waals surface area contributed by atoms with Gasteiger partial charge in [-0.2, -0.15) is 22.7 Å². The normalized spacial score (nSPS) is 11.4. The number of aromatic nitrogens is 2. The van der Waals surface area contributed by atoms with Crippen LogP contribution < -0.4 is 13.8 Å². The quantitative estimate of drug-likeness (QED) is 0.255. The highest BCUT2D eigenvalue weighted by Gasteiger charge is 2.30. The number of benzene rings is 1. The smallest absolute Gasteiger partial charge is 0.321 e. The number of anilines is 1. The molecule has 0 radical (unpaired) electrons. The van der Waals surface area contributed by atoms with Crippen LogP contribution >= 0.6 is 22.6 Å². The molecule has 0 aliphatic rings. The molecule has 0 fully saturated rings. The van der Waals surface area contributed by atoms with Gasteiger partial charge in [0.2, 0.25) is 5.88 Å². The highest BCUT2D eigenvalue weighted by atomic mass is 127. The van der Waals surface area contributed by atoms with Gasteiger partial charge in [-0.1, -0.05) is 37.3 Å². The van der Waals surface area contributed by atoms with Gasteiger partial charge in [0.15, 0.2) is 5.82 Å². The van der Waals surface area contributed by atoms with Crippen LogP contribution in [0.25, 0.3) is 0 Å². The van der Waals surface area contributed by atoms with Gasteiger partial charge in [-0.15, -0.1) is 5.54 Å². The Balaban J connectivity index is 2.77. The Morgan fingerprint density at radius 2 is 1.68 bits per heavy atom. The number of methoxy groups -OCH3 is 2. The number of halogens is 1. The minimum atomic E-state index is -3.99. The van der Waals surface area contributed by atoms with Crippen molar-refractivity contribution >= 4 is 46.5 Å². The molecular formula is C18H22IN3O4SSi. The lowest BCUT2D eigenvalue weighted by Gasteiger charge is -2.20. The zero-order valence-corrected chi connectivity index (χ0v) is 20.5. The first kappa shape index (κ1) is 22.4. The first-order chi connectivity index (χ1) is 13.0. The van der Waals surface area contributed by atoms with Crippen molar-refractivity contribution < 1.29 is 17.9 Å². The van der Waals surface area contributed by atoms with Crippen molar-refractivity contribution in [1.29, 1.82) is 0 Å². The first-order valence-corrected chi connectivity index (χ1v) is 14.3. The maximum Gasteiger partial charge on any atom is 0.321 e. The molecule has 0 saturated carbocycles. The number of hydrogen-bond acceptors (Lipinski definition) is 6. The van der Waals surface area contributed by atoms with Crippen LogP contribution in [0.1, 0.15) is 5.56 Å². The largest absolute Gasteiger partial charge is 0.480 e. The molecule has 0 unspecified atom stereocenters. The molecule has 0 bridgehead atoms. The maximum atomic E-state index is 13.4. The minimum absolute atomic E-state index is 0.00817. The second kappa shape index (κ2) is 8.67. The van der Waals surface area contributed by atoms with E-state index in [9.17, 15) is 8.42 Å². The highest BCUT2D eigenvalue weighted by molar-refractivity contribution is 14.1. The average Bonchev–Trinajstić information content (AvgIpc) is 2.62. The minimum Gasteiger partial charge on any atom is -0.480 e. The number of sulfonamides is 1. The molecule has 0 saturated heterocycles. The van der Waals surface area contributed by atoms with E-state index in [4.69, 9.17) is 9.47 Å². The second-order valence-corrected chi connectivity index (χ2v) is 14.5. The Morgan fingerprint density at radius 1 is 1.07 bits per heavy atom. The van der Waals surface area contributed by atoms with E-state index >= 15 is 0 Å². The molecule has 0 amide bonds. The van der Waals surface area contributed by atoms with Crippen molar-refractivity contribution in [3.63, 3.8) is 0 Å². The van der Waals surface area contributed by atoms with Crippen LogP contribution in [0.15, 0.2) is 29.2 Å². The van der Waals surface area contributed by atoms with Crippen molar-refractivity contribution in [3.8, 4) is 23.5 Å². The lowest BCUT2D eigenvalue weighted by molar-refractivity contribution is 0.350. The average molecular weight is 531 g/mol. The molecule has 0 aliphatic heterocycles. The Morgan fingerprint density at radius 3 is 2.18 bits per heavy atom. The van der Waals surface area contributed by atoms with E-state index in [1.54, 1.807) is 24.3 Å². The Bertz CT molecular complexity index is 1030. The molecule has 1 aromatic heterocycles. The van der Waals surface area contributed by atoms with E-state index in [-0.39, 0.29) is 22.6 Å². The van der Waals surface area contributed by atoms with Crippen molar-refractivity contribution in [3.05, 3.63) is 33.4 Å². The van der Waals surface area contributed by atoms with Crippen LogP contribution in [-0.4, -0.2) is 40.7 Å². The van der Waals surface area contributed by atoms with Gasteiger partial charge >= 0.3 is 6.01 Å². The highest BCUT2D eigenvalue weighted by Crippen LogP contribution is 2.32. The van der Waals surface area contributed by atoms with Crippen molar-refractivity contribution in [1.82, 2.24) is 9.97 Å². The van der Waals surface area contributed by atoms with Gasteiger partial charge in [-0.3, -0.25) is 0 Å². The van der Waals surface area contributed by atoms with Crippen LogP contribution in [0.4, 0.5) is 5.82 Å². The zero-order valence-electron chi connectivity index (χ0n) is 16.6. The summed E-state index contributed by atoms with van der Waals surface area (Å²) < 4.78 is 38.6. The fourth-order valence-electron chi connectivity index (χ4n) is 2.02. The molecule has 0 N–H and O–H groups in total. The van der Waals surface area contributed by atoms with E-state index < -0.39 is 18.1 Å². The molecule has 2 aromatic rings. The van der Waals surface area contributed by atoms with E-state index in [1.165, 1.54) is 14.2 Å². The molecule has 0 spiro atoms. The van der Waals surface area contributed by atoms with Crippen LogP contribution in [0.2, 0.25) is 19.6 Å². The van der Waals surface area contributed by atoms with E-state index in [0.717, 1.165) is 9.87 Å². The summed E-state index contributed by atoms with van der Waals surface area (Å²) in [6, 6.07) is 9.40. The van der Waals surface area contributed by atoms with E-state index in [2.05, 4.69) is 21.6 Å². The van der Waals surface area contributed by atoms with Gasteiger partial charge in [0.25, 0.3) is 10.0 Å². The zero-order chi connectivity index (χ0) is 21.1. The Hall–Kier alpha value is -1.84. The molecule has 150 valence electrons. The summed E-state index contributed by atoms with van der Waals surface area (Å²) in [6.07, 6.45) is 0. The predicted molar refractivity (Wildman–Crippen MR) is 120 cm³/mol. The lowest BCUT2D eigenvalue weighted by atomic mass is 10.2. The summed E-state index contributed by atoms with van der Waals surface area (Å²) in [6.45, 7) is 7.98. The monoisotopic (exact) mass is 531 g/mol. The molecule has 10 heteroatoms. The summed E-state index contributed by atoms with van der Waals surface area (Å²) in [5.41, 5.74) is 4.06. The summed E-state index contributed by atoms with van der Waals surface area (Å²) >= 11 is 1.95. The van der Waals surface area contributed by atoms with Gasteiger partial charge in [0.05, 0.1) is 19.1 Å². The Kier molecular flexibility index (Phi) is 6.95. The Labute approximate surface area is 180 Å². The van der Waals surface area contributed by atoms with Gasteiger partial charge < -0.3 is 9.47 Å². The number of rotatable bonds is 5. The fraction of sp³-hybridized carbons (Fsp3) is 0.333. The predicted octanol–water partition coefficient (Wildman–Crippen LogP) is 3.44. The van der Waals surface area contributed by atoms with Crippen molar-refractivity contribution in [2.45, 2.75) is 31.5 Å². The molecule has 0 aliphatic carbocycles. The van der Waals surface area contributed by atoms with Gasteiger partial charge in [0.1, 0.15) is 11.6 Å². The van der Waals surface area contributed by atoms with Gasteiger partial charge in [-0.25, -0.2) is 0 Å². The summed E-state index contributed by atoms with van der Waals surface area (Å²) in [5, 5.41) is 0. The standard InChI is InChI=1S/C18H22IN3O4SSi/c1-13-7-9-14(10-8-13)27(23,24)22(11-12-28(4,5)6)16-15(19)17(25-2)21-18(20-16)26-3/h7-10H,1-6H3. The topological polar surface area (TPSA) is 81.6 Å². The van der Waals surface area contributed by atoms with Crippen molar-refractivity contribution in [2.24, 2.45) is 0 Å². The molecule has 28 heavy (non-hydrogen) atoms. The fourth-order valence-corrected chi connectivity index (χ4v) is 4.63. The molecule has 2 rings (SSSR count). The van der Waals surface area contributed by atoms with Gasteiger partial charge in [0, 0.05) is 6.04 Å². The molecular weight excluding hydrogens is 509 g/mol. The van der Waals surface area contributed by atoms with Crippen LogP contribution in [0, 0.1) is 22.1 Å². The summed E-state index contributed by atoms with van der Waals surface area (Å²) in [4.78, 5) is 8.47. The molecule has 7 nitrogen and oxygen atoms in total.